The lowest BCUT2D eigenvalue weighted by Gasteiger charge is -2.41. The minimum absolute atomic E-state index is 0. The molecule has 1 saturated carbocycles. The van der Waals surface area contributed by atoms with Crippen LogP contribution >= 0.6 is 52.3 Å². The monoisotopic (exact) mass is 442 g/mol. The molecule has 1 atom stereocenters. The molecule has 23 heavy (non-hydrogen) atoms. The van der Waals surface area contributed by atoms with Gasteiger partial charge < -0.3 is 5.32 Å². The van der Waals surface area contributed by atoms with E-state index in [-0.39, 0.29) is 24.8 Å². The third-order valence-corrected chi connectivity index (χ3v) is 6.14. The molecule has 0 radical (unpaired) electrons. The number of rotatable bonds is 3. The Labute approximate surface area is 165 Å². The van der Waals surface area contributed by atoms with Gasteiger partial charge in [0.1, 0.15) is 0 Å². The SMILES string of the molecule is Cl.Cl.Clc1ccc([C@@H](C2CCCCC2)N2CCNCC2)cc1Br. The normalized spacial score (nSPS) is 21.1. The van der Waals surface area contributed by atoms with E-state index >= 15 is 0 Å². The van der Waals surface area contributed by atoms with E-state index in [1.807, 2.05) is 6.07 Å². The van der Waals surface area contributed by atoms with Gasteiger partial charge in [-0.2, -0.15) is 0 Å². The highest BCUT2D eigenvalue weighted by Gasteiger charge is 2.31. The van der Waals surface area contributed by atoms with Gasteiger partial charge >= 0.3 is 0 Å². The van der Waals surface area contributed by atoms with Crippen molar-refractivity contribution >= 4 is 52.3 Å². The topological polar surface area (TPSA) is 15.3 Å². The molecule has 0 amide bonds. The largest absolute Gasteiger partial charge is 0.314 e. The molecule has 1 aliphatic carbocycles. The lowest BCUT2D eigenvalue weighted by Crippen LogP contribution is -2.47. The van der Waals surface area contributed by atoms with Crippen LogP contribution in [0.3, 0.4) is 0 Å². The summed E-state index contributed by atoms with van der Waals surface area (Å²) in [6.07, 6.45) is 6.93. The van der Waals surface area contributed by atoms with Gasteiger partial charge in [-0.15, -0.1) is 24.8 Å². The first-order valence-corrected chi connectivity index (χ1v) is 9.32. The first kappa shape index (κ1) is 21.5. The van der Waals surface area contributed by atoms with Crippen molar-refractivity contribution in [3.63, 3.8) is 0 Å². The van der Waals surface area contributed by atoms with Gasteiger partial charge in [0.25, 0.3) is 0 Å². The van der Waals surface area contributed by atoms with Crippen molar-refractivity contribution in [1.82, 2.24) is 10.2 Å². The molecule has 6 heteroatoms. The van der Waals surface area contributed by atoms with Crippen LogP contribution in [-0.2, 0) is 0 Å². The molecule has 0 bridgehead atoms. The summed E-state index contributed by atoms with van der Waals surface area (Å²) in [5, 5.41) is 4.28. The van der Waals surface area contributed by atoms with E-state index in [1.165, 1.54) is 37.7 Å². The Kier molecular flexibility index (Phi) is 9.81. The maximum Gasteiger partial charge on any atom is 0.0548 e. The Morgan fingerprint density at radius 2 is 1.74 bits per heavy atom. The number of halogens is 4. The quantitative estimate of drug-likeness (QED) is 0.665. The van der Waals surface area contributed by atoms with Gasteiger partial charge in [-0.1, -0.05) is 36.9 Å². The third kappa shape index (κ3) is 5.49. The van der Waals surface area contributed by atoms with Crippen LogP contribution in [0.1, 0.15) is 43.7 Å². The number of piperazine rings is 1. The predicted octanol–water partition coefficient (Wildman–Crippen LogP) is 5.47. The molecule has 1 saturated heterocycles. The van der Waals surface area contributed by atoms with Crippen LogP contribution in [0, 0.1) is 5.92 Å². The van der Waals surface area contributed by atoms with Crippen LogP contribution in [0.25, 0.3) is 0 Å². The Morgan fingerprint density at radius 1 is 1.09 bits per heavy atom. The van der Waals surface area contributed by atoms with E-state index < -0.39 is 0 Å². The highest BCUT2D eigenvalue weighted by Crippen LogP contribution is 2.40. The molecule has 0 unspecified atom stereocenters. The number of benzene rings is 1. The fraction of sp³-hybridized carbons (Fsp3) is 0.647. The summed E-state index contributed by atoms with van der Waals surface area (Å²) >= 11 is 9.79. The summed E-state index contributed by atoms with van der Waals surface area (Å²) < 4.78 is 1.03. The molecule has 3 rings (SSSR count). The molecular formula is C17H26BrCl3N2. The second kappa shape index (κ2) is 10.5. The van der Waals surface area contributed by atoms with Gasteiger partial charge in [0.15, 0.2) is 0 Å². The molecule has 2 nitrogen and oxygen atoms in total. The number of hydrogen-bond acceptors (Lipinski definition) is 2. The van der Waals surface area contributed by atoms with Gasteiger partial charge in [0.2, 0.25) is 0 Å². The Bertz CT molecular complexity index is 457. The smallest absolute Gasteiger partial charge is 0.0548 e. The lowest BCUT2D eigenvalue weighted by atomic mass is 9.80. The van der Waals surface area contributed by atoms with Crippen molar-refractivity contribution in [3.05, 3.63) is 33.3 Å². The van der Waals surface area contributed by atoms with Crippen molar-refractivity contribution in [2.75, 3.05) is 26.2 Å². The Hall–Kier alpha value is 0.490. The summed E-state index contributed by atoms with van der Waals surface area (Å²) in [6, 6.07) is 7.07. The van der Waals surface area contributed by atoms with E-state index in [2.05, 4.69) is 38.3 Å². The second-order valence-electron chi connectivity index (χ2n) is 6.30. The van der Waals surface area contributed by atoms with Crippen LogP contribution in [0.4, 0.5) is 0 Å². The van der Waals surface area contributed by atoms with Gasteiger partial charge in [0, 0.05) is 36.7 Å². The fourth-order valence-corrected chi connectivity index (χ4v) is 4.40. The first-order valence-electron chi connectivity index (χ1n) is 8.15. The van der Waals surface area contributed by atoms with Crippen LogP contribution in [0.5, 0.6) is 0 Å². The molecule has 132 valence electrons. The fourth-order valence-electron chi connectivity index (χ4n) is 3.89. The van der Waals surface area contributed by atoms with Gasteiger partial charge in [0.05, 0.1) is 5.02 Å². The molecule has 1 heterocycles. The standard InChI is InChI=1S/C17H24BrClN2.2ClH/c18-15-12-14(6-7-16(15)19)17(13-4-2-1-3-5-13)21-10-8-20-9-11-21;;/h6-7,12-13,17,20H,1-5,8-11H2;2*1H/t17-;;/m1../s1. The van der Waals surface area contributed by atoms with E-state index in [9.17, 15) is 0 Å². The lowest BCUT2D eigenvalue weighted by molar-refractivity contribution is 0.103. The molecule has 2 fully saturated rings. The molecule has 1 aromatic rings. The van der Waals surface area contributed by atoms with E-state index in [1.54, 1.807) is 0 Å². The van der Waals surface area contributed by atoms with Crippen LogP contribution in [0.2, 0.25) is 5.02 Å². The highest BCUT2D eigenvalue weighted by molar-refractivity contribution is 9.10. The zero-order chi connectivity index (χ0) is 14.7. The molecule has 0 aromatic heterocycles. The van der Waals surface area contributed by atoms with Crippen molar-refractivity contribution in [2.24, 2.45) is 5.92 Å². The average molecular weight is 445 g/mol. The predicted molar refractivity (Wildman–Crippen MR) is 107 cm³/mol. The third-order valence-electron chi connectivity index (χ3n) is 4.93. The van der Waals surface area contributed by atoms with E-state index in [0.29, 0.717) is 6.04 Å². The number of nitrogens with zero attached hydrogens (tertiary/aromatic N) is 1. The van der Waals surface area contributed by atoms with Gasteiger partial charge in [-0.3, -0.25) is 4.90 Å². The number of nitrogens with one attached hydrogen (secondary N) is 1. The van der Waals surface area contributed by atoms with Crippen LogP contribution < -0.4 is 5.32 Å². The molecular weight excluding hydrogens is 418 g/mol. The molecule has 0 spiro atoms. The average Bonchev–Trinajstić information content (AvgIpc) is 2.53. The van der Waals surface area contributed by atoms with Crippen molar-refractivity contribution in [2.45, 2.75) is 38.1 Å². The Morgan fingerprint density at radius 3 is 2.35 bits per heavy atom. The molecule has 1 N–H and O–H groups in total. The zero-order valence-electron chi connectivity index (χ0n) is 13.3. The second-order valence-corrected chi connectivity index (χ2v) is 7.56. The number of hydrogen-bond donors (Lipinski definition) is 1. The summed E-state index contributed by atoms with van der Waals surface area (Å²) in [4.78, 5) is 2.68. The maximum absolute atomic E-state index is 6.19. The van der Waals surface area contributed by atoms with Crippen LogP contribution in [0.15, 0.2) is 22.7 Å². The molecule has 1 aliphatic heterocycles. The minimum Gasteiger partial charge on any atom is -0.314 e. The van der Waals surface area contributed by atoms with E-state index in [0.717, 1.165) is 41.6 Å². The zero-order valence-corrected chi connectivity index (χ0v) is 17.2. The van der Waals surface area contributed by atoms with Gasteiger partial charge in [-0.05, 0) is 52.4 Å². The minimum atomic E-state index is 0. The van der Waals surface area contributed by atoms with Crippen LogP contribution in [-0.4, -0.2) is 31.1 Å². The summed E-state index contributed by atoms with van der Waals surface area (Å²) in [7, 11) is 0. The summed E-state index contributed by atoms with van der Waals surface area (Å²) in [5.41, 5.74) is 1.43. The summed E-state index contributed by atoms with van der Waals surface area (Å²) in [5.74, 6) is 0.796. The molecule has 1 aromatic carbocycles. The highest BCUT2D eigenvalue weighted by atomic mass is 79.9. The summed E-state index contributed by atoms with van der Waals surface area (Å²) in [6.45, 7) is 4.53. The van der Waals surface area contributed by atoms with Crippen molar-refractivity contribution in [3.8, 4) is 0 Å². The molecule has 2 aliphatic rings. The Balaban J connectivity index is 0.00000132. The van der Waals surface area contributed by atoms with Crippen molar-refractivity contribution < 1.29 is 0 Å². The van der Waals surface area contributed by atoms with Crippen molar-refractivity contribution in [1.29, 1.82) is 0 Å². The van der Waals surface area contributed by atoms with E-state index in [4.69, 9.17) is 11.6 Å². The maximum atomic E-state index is 6.19. The first-order chi connectivity index (χ1) is 10.3. The van der Waals surface area contributed by atoms with Gasteiger partial charge in [-0.25, -0.2) is 0 Å².